The first-order chi connectivity index (χ1) is 23.3. The molecule has 218 valence electrons. The molecule has 0 bridgehead atoms. The number of hydrogen-bond acceptors (Lipinski definition) is 1. The van der Waals surface area contributed by atoms with E-state index in [0.29, 0.717) is 5.69 Å². The summed E-state index contributed by atoms with van der Waals surface area (Å²) in [5.41, 5.74) is 10.9. The van der Waals surface area contributed by atoms with Gasteiger partial charge in [0.1, 0.15) is 11.2 Å². The molecule has 4 heteroatoms. The maximum absolute atomic E-state index is 8.09. The molecule has 0 aliphatic rings. The molecule has 0 radical (unpaired) electrons. The Hall–Kier alpha value is -6.57. The van der Waals surface area contributed by atoms with E-state index in [1.165, 1.54) is 21.5 Å². The molecule has 0 amide bonds. The highest BCUT2D eigenvalue weighted by Crippen LogP contribution is 2.43. The van der Waals surface area contributed by atoms with Crippen LogP contribution in [0.2, 0.25) is 0 Å². The van der Waals surface area contributed by atoms with Crippen molar-refractivity contribution in [2.45, 2.75) is 0 Å². The Kier molecular flexibility index (Phi) is 5.32. The predicted molar refractivity (Wildman–Crippen MR) is 194 cm³/mol. The van der Waals surface area contributed by atoms with Crippen LogP contribution in [0.5, 0.6) is 0 Å². The summed E-state index contributed by atoms with van der Waals surface area (Å²) < 4.78 is 11.0. The van der Waals surface area contributed by atoms with Gasteiger partial charge in [-0.1, -0.05) is 91.0 Å². The number of rotatable bonds is 3. The number of para-hydroxylation sites is 5. The number of benzene rings is 7. The number of hydrogen-bond donors (Lipinski definition) is 0. The summed E-state index contributed by atoms with van der Waals surface area (Å²) in [6.45, 7) is 8.09. The van der Waals surface area contributed by atoms with Gasteiger partial charge in [-0.15, -0.1) is 0 Å². The molecule has 0 N–H and O–H groups in total. The SMILES string of the molecule is [C-]#[N+]c1cc(-c2ccccc2-n2c3ccccc3c3c4c(ccc32)oc2ccccc24)cc(-n2c3ccccc3c3ccccc32)c1. The summed E-state index contributed by atoms with van der Waals surface area (Å²) in [6, 6.07) is 52.9. The van der Waals surface area contributed by atoms with E-state index >= 15 is 0 Å². The largest absolute Gasteiger partial charge is 0.456 e. The van der Waals surface area contributed by atoms with Crippen molar-refractivity contribution in [2.24, 2.45) is 0 Å². The molecule has 0 saturated carbocycles. The van der Waals surface area contributed by atoms with E-state index in [1.807, 2.05) is 24.3 Å². The molecule has 10 aromatic rings. The van der Waals surface area contributed by atoms with E-state index in [4.69, 9.17) is 11.0 Å². The Bertz CT molecular complexity index is 2880. The summed E-state index contributed by atoms with van der Waals surface area (Å²) in [4.78, 5) is 3.96. The monoisotopic (exact) mass is 599 g/mol. The van der Waals surface area contributed by atoms with Gasteiger partial charge in [0, 0.05) is 43.6 Å². The van der Waals surface area contributed by atoms with E-state index in [2.05, 4.69) is 141 Å². The van der Waals surface area contributed by atoms with Gasteiger partial charge in [0.15, 0.2) is 5.69 Å². The predicted octanol–water partition coefficient (Wildman–Crippen LogP) is 12.0. The molecular formula is C43H25N3O. The minimum atomic E-state index is 0.600. The summed E-state index contributed by atoms with van der Waals surface area (Å²) in [5.74, 6) is 0. The van der Waals surface area contributed by atoms with Crippen molar-refractivity contribution in [1.29, 1.82) is 0 Å². The number of aromatic nitrogens is 2. The third-order valence-corrected chi connectivity index (χ3v) is 9.50. The van der Waals surface area contributed by atoms with Crippen molar-refractivity contribution in [3.05, 3.63) is 163 Å². The Morgan fingerprint density at radius 2 is 1.09 bits per heavy atom. The first kappa shape index (κ1) is 25.7. The molecule has 0 aliphatic carbocycles. The summed E-state index contributed by atoms with van der Waals surface area (Å²) in [7, 11) is 0. The van der Waals surface area contributed by atoms with Gasteiger partial charge >= 0.3 is 0 Å². The van der Waals surface area contributed by atoms with Crippen LogP contribution in [-0.2, 0) is 0 Å². The fourth-order valence-electron chi connectivity index (χ4n) is 7.59. The molecule has 47 heavy (non-hydrogen) atoms. The highest BCUT2D eigenvalue weighted by Gasteiger charge is 2.21. The average molecular weight is 600 g/mol. The lowest BCUT2D eigenvalue weighted by molar-refractivity contribution is 0.669. The lowest BCUT2D eigenvalue weighted by Crippen LogP contribution is -1.98. The second-order valence-electron chi connectivity index (χ2n) is 12.0. The van der Waals surface area contributed by atoms with Gasteiger partial charge in [-0.2, -0.15) is 0 Å². The average Bonchev–Trinajstić information content (AvgIpc) is 3.79. The van der Waals surface area contributed by atoms with Crippen LogP contribution in [0, 0.1) is 6.57 Å². The van der Waals surface area contributed by atoms with Gasteiger partial charge < -0.3 is 13.6 Å². The lowest BCUT2D eigenvalue weighted by Gasteiger charge is -2.16. The van der Waals surface area contributed by atoms with Gasteiger partial charge in [-0.3, -0.25) is 0 Å². The molecule has 0 atom stereocenters. The first-order valence-corrected chi connectivity index (χ1v) is 15.7. The first-order valence-electron chi connectivity index (χ1n) is 15.7. The summed E-state index contributed by atoms with van der Waals surface area (Å²) in [5, 5.41) is 7.00. The normalized spacial score (nSPS) is 11.8. The molecule has 0 spiro atoms. The van der Waals surface area contributed by atoms with E-state index in [-0.39, 0.29) is 0 Å². The zero-order valence-corrected chi connectivity index (χ0v) is 25.2. The highest BCUT2D eigenvalue weighted by molar-refractivity contribution is 6.27. The van der Waals surface area contributed by atoms with Crippen molar-refractivity contribution >= 4 is 71.2 Å². The highest BCUT2D eigenvalue weighted by atomic mass is 16.3. The van der Waals surface area contributed by atoms with Gasteiger partial charge in [0.2, 0.25) is 0 Å². The van der Waals surface area contributed by atoms with Gasteiger partial charge in [0.25, 0.3) is 0 Å². The molecule has 0 aliphatic heterocycles. The fourth-order valence-corrected chi connectivity index (χ4v) is 7.59. The third-order valence-electron chi connectivity index (χ3n) is 9.50. The van der Waals surface area contributed by atoms with Crippen LogP contribution < -0.4 is 0 Å². The maximum atomic E-state index is 8.09. The third kappa shape index (κ3) is 3.63. The molecule has 7 aromatic carbocycles. The second-order valence-corrected chi connectivity index (χ2v) is 12.0. The van der Waals surface area contributed by atoms with Crippen LogP contribution in [0.15, 0.2) is 156 Å². The van der Waals surface area contributed by atoms with Gasteiger partial charge in [-0.25, -0.2) is 4.85 Å². The Morgan fingerprint density at radius 3 is 1.83 bits per heavy atom. The Labute approximate surface area is 269 Å². The smallest absolute Gasteiger partial charge is 0.189 e. The van der Waals surface area contributed by atoms with Crippen molar-refractivity contribution in [3.8, 4) is 22.5 Å². The van der Waals surface area contributed by atoms with Crippen molar-refractivity contribution in [3.63, 3.8) is 0 Å². The van der Waals surface area contributed by atoms with E-state index in [1.54, 1.807) is 0 Å². The molecule has 3 heterocycles. The zero-order chi connectivity index (χ0) is 31.1. The Balaban J connectivity index is 1.27. The van der Waals surface area contributed by atoms with Gasteiger partial charge in [-0.05, 0) is 66.2 Å². The van der Waals surface area contributed by atoms with Crippen LogP contribution in [0.4, 0.5) is 5.69 Å². The second kappa shape index (κ2) is 9.71. The van der Waals surface area contributed by atoms with Crippen LogP contribution >= 0.6 is 0 Å². The lowest BCUT2D eigenvalue weighted by atomic mass is 10.0. The topological polar surface area (TPSA) is 27.4 Å². The fraction of sp³-hybridized carbons (Fsp3) is 0. The van der Waals surface area contributed by atoms with Crippen LogP contribution in [0.3, 0.4) is 0 Å². The van der Waals surface area contributed by atoms with Crippen LogP contribution in [-0.4, -0.2) is 9.13 Å². The van der Waals surface area contributed by atoms with E-state index in [9.17, 15) is 0 Å². The van der Waals surface area contributed by atoms with Crippen molar-refractivity contribution in [1.82, 2.24) is 9.13 Å². The van der Waals surface area contributed by atoms with E-state index in [0.717, 1.165) is 66.5 Å². The van der Waals surface area contributed by atoms with Crippen LogP contribution in [0.25, 0.3) is 92.9 Å². The number of nitrogens with zero attached hydrogens (tertiary/aromatic N) is 3. The summed E-state index contributed by atoms with van der Waals surface area (Å²) >= 11 is 0. The zero-order valence-electron chi connectivity index (χ0n) is 25.2. The molecule has 0 saturated heterocycles. The maximum Gasteiger partial charge on any atom is 0.189 e. The van der Waals surface area contributed by atoms with Crippen LogP contribution in [0.1, 0.15) is 0 Å². The molecule has 10 rings (SSSR count). The molecule has 4 nitrogen and oxygen atoms in total. The van der Waals surface area contributed by atoms with E-state index < -0.39 is 0 Å². The minimum Gasteiger partial charge on any atom is -0.456 e. The standard InChI is InChI=1S/C43H25N3O/c1-44-28-24-27(25-29(26-28)45-36-18-8-3-13-31(36)32-14-4-9-19-37(32)45)30-12-2-7-17-35(30)46-38-20-10-5-15-33(38)42-39(46)22-23-41-43(42)34-16-6-11-21-40(34)47-41/h2-26H. The van der Waals surface area contributed by atoms with Gasteiger partial charge in [0.05, 0.1) is 34.3 Å². The number of fused-ring (bicyclic) bond motifs is 10. The van der Waals surface area contributed by atoms with Crippen molar-refractivity contribution in [2.75, 3.05) is 0 Å². The minimum absolute atomic E-state index is 0.600. The number of furan rings is 1. The summed E-state index contributed by atoms with van der Waals surface area (Å²) in [6.07, 6.45) is 0. The molecule has 3 aromatic heterocycles. The Morgan fingerprint density at radius 1 is 0.468 bits per heavy atom. The molecule has 0 fully saturated rings. The quantitative estimate of drug-likeness (QED) is 0.186. The molecule has 0 unspecified atom stereocenters. The van der Waals surface area contributed by atoms with Crippen molar-refractivity contribution < 1.29 is 4.42 Å². The molecular weight excluding hydrogens is 574 g/mol.